The smallest absolute Gasteiger partial charge is 0.248 e. The zero-order chi connectivity index (χ0) is 27.0. The number of hydrogen-bond acceptors (Lipinski definition) is 8. The van der Waals surface area contributed by atoms with Crippen LogP contribution >= 0.6 is 27.5 Å². The molecule has 2 aromatic heterocycles. The molecule has 1 saturated heterocycles. The predicted molar refractivity (Wildman–Crippen MR) is 154 cm³/mol. The number of hydrogen-bond donors (Lipinski definition) is 2. The first-order chi connectivity index (χ1) is 19.1. The number of aromatic nitrogens is 3. The number of allylic oxidation sites excluding steroid dienone is 1. The Morgan fingerprint density at radius 1 is 1.15 bits per heavy atom. The van der Waals surface area contributed by atoms with Crippen molar-refractivity contribution in [3.05, 3.63) is 83.9 Å². The molecule has 1 atom stereocenters. The summed E-state index contributed by atoms with van der Waals surface area (Å²) in [6.07, 6.45) is 7.03. The van der Waals surface area contributed by atoms with E-state index in [4.69, 9.17) is 25.8 Å². The molecule has 0 radical (unpaired) electrons. The first kappa shape index (κ1) is 26.9. The van der Waals surface area contributed by atoms with Gasteiger partial charge >= 0.3 is 0 Å². The second-order valence-corrected chi connectivity index (χ2v) is 9.67. The van der Waals surface area contributed by atoms with Crippen LogP contribution in [-0.4, -0.2) is 45.5 Å². The van der Waals surface area contributed by atoms with Crippen molar-refractivity contribution in [2.24, 2.45) is 0 Å². The first-order valence-corrected chi connectivity index (χ1v) is 13.7. The quantitative estimate of drug-likeness (QED) is 0.165. The van der Waals surface area contributed by atoms with Gasteiger partial charge in [-0.25, -0.2) is 9.97 Å². The standard InChI is InChI=1S/C28H25BrClN5O4/c29-9-3-5-27(36)35-24-13-21-23(14-26(24)39-20-8-11-37-16-20)32-17-33-28(21)34-18-6-7-25(22(30)12-18)38-15-19-4-1-2-10-31-19/h1-7,10,12-14,17,20H,8-9,11,15-16H2,(H,35,36)(H,32,33,34)/b5-3+/t20-/m0/s1. The highest BCUT2D eigenvalue weighted by atomic mass is 79.9. The lowest BCUT2D eigenvalue weighted by Crippen LogP contribution is -2.18. The number of nitrogens with one attached hydrogen (secondary N) is 2. The number of anilines is 3. The molecule has 0 aliphatic carbocycles. The summed E-state index contributed by atoms with van der Waals surface area (Å²) in [4.78, 5) is 25.6. The van der Waals surface area contributed by atoms with E-state index in [9.17, 15) is 4.79 Å². The van der Waals surface area contributed by atoms with Gasteiger partial charge in [0.1, 0.15) is 36.4 Å². The SMILES string of the molecule is O=C(/C=C/CBr)Nc1cc2c(Nc3ccc(OCc4ccccn4)c(Cl)c3)ncnc2cc1O[C@H]1CCOC1. The van der Waals surface area contributed by atoms with Gasteiger partial charge in [-0.05, 0) is 36.4 Å². The van der Waals surface area contributed by atoms with Crippen LogP contribution in [0, 0.1) is 0 Å². The molecule has 9 nitrogen and oxygen atoms in total. The summed E-state index contributed by atoms with van der Waals surface area (Å²) >= 11 is 9.79. The maximum Gasteiger partial charge on any atom is 0.248 e. The number of ether oxygens (including phenoxy) is 3. The van der Waals surface area contributed by atoms with Crippen LogP contribution in [0.1, 0.15) is 12.1 Å². The molecular formula is C28H25BrClN5O4. The van der Waals surface area contributed by atoms with Gasteiger partial charge in [-0.1, -0.05) is 39.7 Å². The summed E-state index contributed by atoms with van der Waals surface area (Å²) in [6.45, 7) is 1.44. The van der Waals surface area contributed by atoms with Crippen molar-refractivity contribution in [3.63, 3.8) is 0 Å². The van der Waals surface area contributed by atoms with Crippen LogP contribution in [0.2, 0.25) is 5.02 Å². The van der Waals surface area contributed by atoms with Crippen molar-refractivity contribution in [1.29, 1.82) is 0 Å². The Morgan fingerprint density at radius 3 is 2.85 bits per heavy atom. The van der Waals surface area contributed by atoms with Gasteiger partial charge in [-0.3, -0.25) is 9.78 Å². The zero-order valence-corrected chi connectivity index (χ0v) is 23.1. The van der Waals surface area contributed by atoms with Crippen LogP contribution in [0.3, 0.4) is 0 Å². The monoisotopic (exact) mass is 609 g/mol. The van der Waals surface area contributed by atoms with Crippen molar-refractivity contribution < 1.29 is 19.0 Å². The number of benzene rings is 2. The average Bonchev–Trinajstić information content (AvgIpc) is 3.46. The van der Waals surface area contributed by atoms with E-state index in [1.807, 2.05) is 24.3 Å². The fourth-order valence-corrected chi connectivity index (χ4v) is 4.38. The molecule has 2 aromatic carbocycles. The Kier molecular flexibility index (Phi) is 8.87. The number of alkyl halides is 1. The lowest BCUT2D eigenvalue weighted by molar-refractivity contribution is -0.111. The average molecular weight is 611 g/mol. The fourth-order valence-electron chi connectivity index (χ4n) is 3.96. The van der Waals surface area contributed by atoms with Gasteiger partial charge in [0.15, 0.2) is 0 Å². The molecule has 1 amide bonds. The maximum atomic E-state index is 12.5. The zero-order valence-electron chi connectivity index (χ0n) is 20.8. The van der Waals surface area contributed by atoms with Crippen molar-refractivity contribution in [2.45, 2.75) is 19.1 Å². The molecule has 1 fully saturated rings. The molecule has 3 heterocycles. The Balaban J connectivity index is 1.40. The molecule has 5 rings (SSSR count). The molecule has 11 heteroatoms. The highest BCUT2D eigenvalue weighted by Gasteiger charge is 2.21. The highest BCUT2D eigenvalue weighted by Crippen LogP contribution is 2.36. The van der Waals surface area contributed by atoms with Crippen LogP contribution in [0.15, 0.2) is 73.2 Å². The van der Waals surface area contributed by atoms with Gasteiger partial charge in [-0.15, -0.1) is 0 Å². The molecule has 39 heavy (non-hydrogen) atoms. The minimum absolute atomic E-state index is 0.101. The fraction of sp³-hybridized carbons (Fsp3) is 0.214. The maximum absolute atomic E-state index is 12.5. The second-order valence-electron chi connectivity index (χ2n) is 8.62. The molecule has 1 aliphatic heterocycles. The number of halogens is 2. The van der Waals surface area contributed by atoms with Gasteiger partial charge in [0.2, 0.25) is 5.91 Å². The van der Waals surface area contributed by atoms with E-state index in [-0.39, 0.29) is 12.0 Å². The summed E-state index contributed by atoms with van der Waals surface area (Å²) in [5.74, 6) is 1.32. The highest BCUT2D eigenvalue weighted by molar-refractivity contribution is 9.09. The third kappa shape index (κ3) is 7.03. The molecule has 2 N–H and O–H groups in total. The minimum atomic E-state index is -0.277. The van der Waals surface area contributed by atoms with E-state index in [0.29, 0.717) is 69.8 Å². The summed E-state index contributed by atoms with van der Waals surface area (Å²) in [7, 11) is 0. The van der Waals surface area contributed by atoms with Gasteiger partial charge < -0.3 is 24.8 Å². The molecule has 4 aromatic rings. The Morgan fingerprint density at radius 2 is 2.08 bits per heavy atom. The number of nitrogens with zero attached hydrogens (tertiary/aromatic N) is 3. The summed E-state index contributed by atoms with van der Waals surface area (Å²) in [5, 5.41) is 7.91. The first-order valence-electron chi connectivity index (χ1n) is 12.2. The number of carbonyl (C=O) groups is 1. The number of fused-ring (bicyclic) bond motifs is 1. The molecule has 0 unspecified atom stereocenters. The van der Waals surface area contributed by atoms with E-state index < -0.39 is 0 Å². The topological polar surface area (TPSA) is 107 Å². The van der Waals surface area contributed by atoms with Crippen molar-refractivity contribution in [2.75, 3.05) is 29.2 Å². The largest absolute Gasteiger partial charge is 0.486 e. The van der Waals surface area contributed by atoms with E-state index in [1.165, 1.54) is 12.4 Å². The Hall–Kier alpha value is -3.73. The van der Waals surface area contributed by atoms with Crippen molar-refractivity contribution in [3.8, 4) is 11.5 Å². The van der Waals surface area contributed by atoms with Gasteiger partial charge in [0.25, 0.3) is 0 Å². The van der Waals surface area contributed by atoms with E-state index in [2.05, 4.69) is 41.5 Å². The van der Waals surface area contributed by atoms with Crippen LogP contribution in [0.4, 0.5) is 17.2 Å². The normalized spacial score (nSPS) is 15.0. The molecule has 0 spiro atoms. The minimum Gasteiger partial charge on any atom is -0.486 e. The second kappa shape index (κ2) is 12.9. The molecular weight excluding hydrogens is 586 g/mol. The number of pyridine rings is 1. The predicted octanol–water partition coefficient (Wildman–Crippen LogP) is 6.06. The van der Waals surface area contributed by atoms with Gasteiger partial charge in [0.05, 0.1) is 35.1 Å². The van der Waals surface area contributed by atoms with Gasteiger partial charge in [-0.2, -0.15) is 0 Å². The van der Waals surface area contributed by atoms with Crippen molar-refractivity contribution >= 4 is 61.5 Å². The molecule has 0 saturated carbocycles. The molecule has 1 aliphatic rings. The number of amides is 1. The third-order valence-electron chi connectivity index (χ3n) is 5.83. The van der Waals surface area contributed by atoms with Crippen molar-refractivity contribution in [1.82, 2.24) is 15.0 Å². The lowest BCUT2D eigenvalue weighted by Gasteiger charge is -2.18. The molecule has 200 valence electrons. The lowest BCUT2D eigenvalue weighted by atomic mass is 10.1. The summed E-state index contributed by atoms with van der Waals surface area (Å²) in [6, 6.07) is 14.6. The van der Waals surface area contributed by atoms with E-state index in [0.717, 1.165) is 12.1 Å². The van der Waals surface area contributed by atoms with Crippen LogP contribution in [0.5, 0.6) is 11.5 Å². The van der Waals surface area contributed by atoms with Crippen LogP contribution in [0.25, 0.3) is 10.9 Å². The number of carbonyl (C=O) groups excluding carboxylic acids is 1. The summed E-state index contributed by atoms with van der Waals surface area (Å²) in [5.41, 5.74) is 2.67. The molecule has 0 bridgehead atoms. The summed E-state index contributed by atoms with van der Waals surface area (Å²) < 4.78 is 17.4. The van der Waals surface area contributed by atoms with Gasteiger partial charge in [0, 0.05) is 41.2 Å². The van der Waals surface area contributed by atoms with Crippen LogP contribution in [-0.2, 0) is 16.1 Å². The third-order valence-corrected chi connectivity index (χ3v) is 6.50. The Bertz CT molecular complexity index is 1480. The Labute approximate surface area is 238 Å². The van der Waals surface area contributed by atoms with E-state index in [1.54, 1.807) is 36.5 Å². The van der Waals surface area contributed by atoms with Crippen LogP contribution < -0.4 is 20.1 Å². The van der Waals surface area contributed by atoms with E-state index >= 15 is 0 Å². The number of rotatable bonds is 10.